The Labute approximate surface area is 176 Å². The van der Waals surface area contributed by atoms with Gasteiger partial charge in [-0.3, -0.25) is 9.79 Å². The van der Waals surface area contributed by atoms with Gasteiger partial charge in [0.25, 0.3) is 0 Å². The third-order valence-electron chi connectivity index (χ3n) is 4.30. The molecule has 3 aromatic rings. The number of carbonyl (C=O) groups is 1. The molecule has 2 heterocycles. The van der Waals surface area contributed by atoms with Gasteiger partial charge in [-0.1, -0.05) is 29.2 Å². The summed E-state index contributed by atoms with van der Waals surface area (Å²) in [6, 6.07) is 12.1. The lowest BCUT2D eigenvalue weighted by molar-refractivity contribution is -0.114. The van der Waals surface area contributed by atoms with E-state index in [9.17, 15) is 13.2 Å². The predicted octanol–water partition coefficient (Wildman–Crippen LogP) is 3.88. The van der Waals surface area contributed by atoms with Gasteiger partial charge in [0.05, 0.1) is 34.0 Å². The van der Waals surface area contributed by atoms with Crippen LogP contribution in [-0.4, -0.2) is 37.3 Å². The van der Waals surface area contributed by atoms with Crippen molar-refractivity contribution in [3.63, 3.8) is 0 Å². The molecule has 0 aliphatic carbocycles. The zero-order valence-corrected chi connectivity index (χ0v) is 18.0. The molecule has 2 aromatic carbocycles. The molecule has 0 spiro atoms. The van der Waals surface area contributed by atoms with Crippen LogP contribution < -0.4 is 10.1 Å². The van der Waals surface area contributed by atoms with E-state index in [1.807, 2.05) is 18.2 Å². The van der Waals surface area contributed by atoms with Crippen LogP contribution in [0.4, 0.5) is 5.13 Å². The second kappa shape index (κ2) is 7.77. The van der Waals surface area contributed by atoms with Crippen molar-refractivity contribution < 1.29 is 17.9 Å². The number of sulfone groups is 1. The molecule has 0 saturated heterocycles. The second-order valence-electron chi connectivity index (χ2n) is 6.32. The van der Waals surface area contributed by atoms with Crippen LogP contribution in [0.3, 0.4) is 0 Å². The molecule has 0 fully saturated rings. The number of methoxy groups -OCH3 is 1. The largest absolute Gasteiger partial charge is 0.497 e. The van der Waals surface area contributed by atoms with Crippen molar-refractivity contribution in [3.8, 4) is 5.75 Å². The molecule has 0 bridgehead atoms. The first kappa shape index (κ1) is 19.9. The van der Waals surface area contributed by atoms with Gasteiger partial charge in [0.15, 0.2) is 9.51 Å². The molecule has 1 unspecified atom stereocenters. The van der Waals surface area contributed by atoms with Gasteiger partial charge < -0.3 is 10.1 Å². The number of thioether (sulfide) groups is 1. The Morgan fingerprint density at radius 3 is 2.66 bits per heavy atom. The zero-order valence-electron chi connectivity index (χ0n) is 15.6. The molecule has 1 atom stereocenters. The molecule has 1 aliphatic rings. The van der Waals surface area contributed by atoms with Gasteiger partial charge in [0, 0.05) is 6.92 Å². The highest BCUT2D eigenvalue weighted by atomic mass is 32.3. The highest BCUT2D eigenvalue weighted by Gasteiger charge is 2.31. The van der Waals surface area contributed by atoms with Crippen molar-refractivity contribution in [2.24, 2.45) is 4.99 Å². The Morgan fingerprint density at radius 2 is 1.97 bits per heavy atom. The molecule has 0 radical (unpaired) electrons. The van der Waals surface area contributed by atoms with Crippen LogP contribution in [-0.2, 0) is 14.6 Å². The van der Waals surface area contributed by atoms with E-state index in [0.29, 0.717) is 17.4 Å². The number of fused-ring (bicyclic) bond motifs is 1. The number of anilines is 1. The summed E-state index contributed by atoms with van der Waals surface area (Å²) in [5.74, 6) is 0.428. The van der Waals surface area contributed by atoms with Gasteiger partial charge in [-0.05, 0) is 42.0 Å². The van der Waals surface area contributed by atoms with E-state index in [1.165, 1.54) is 49.3 Å². The maximum atomic E-state index is 12.9. The summed E-state index contributed by atoms with van der Waals surface area (Å²) >= 11 is 2.63. The summed E-state index contributed by atoms with van der Waals surface area (Å²) in [4.78, 5) is 20.1. The van der Waals surface area contributed by atoms with E-state index in [1.54, 1.807) is 12.1 Å². The molecule has 29 heavy (non-hydrogen) atoms. The predicted molar refractivity (Wildman–Crippen MR) is 117 cm³/mol. The van der Waals surface area contributed by atoms with Crippen LogP contribution in [0.2, 0.25) is 0 Å². The Hall–Kier alpha value is -2.43. The number of aromatic nitrogens is 1. The quantitative estimate of drug-likeness (QED) is 0.652. The van der Waals surface area contributed by atoms with Crippen LogP contribution in [0.1, 0.15) is 17.7 Å². The number of thiazole rings is 1. The lowest BCUT2D eigenvalue weighted by atomic mass is 10.1. The monoisotopic (exact) mass is 447 g/mol. The average molecular weight is 448 g/mol. The Morgan fingerprint density at radius 1 is 1.21 bits per heavy atom. The number of ether oxygens (including phenoxy) is 1. The van der Waals surface area contributed by atoms with Crippen molar-refractivity contribution >= 4 is 58.6 Å². The number of nitrogens with zero attached hydrogens (tertiary/aromatic N) is 2. The molecule has 1 amide bonds. The number of rotatable bonds is 4. The SMILES string of the molecule is COc1ccc(S(=O)(=O)C2=NCC(c3ccc4nc(NC(C)=O)sc4c3)S2)cc1. The number of hydrogen-bond donors (Lipinski definition) is 1. The molecule has 1 aromatic heterocycles. The Bertz CT molecular complexity index is 1220. The first-order valence-electron chi connectivity index (χ1n) is 8.65. The fourth-order valence-electron chi connectivity index (χ4n) is 2.88. The lowest BCUT2D eigenvalue weighted by Crippen LogP contribution is -2.10. The van der Waals surface area contributed by atoms with Crippen LogP contribution >= 0.6 is 23.1 Å². The van der Waals surface area contributed by atoms with E-state index in [2.05, 4.69) is 15.3 Å². The van der Waals surface area contributed by atoms with Crippen LogP contribution in [0, 0.1) is 0 Å². The van der Waals surface area contributed by atoms with E-state index in [4.69, 9.17) is 4.74 Å². The molecular formula is C19H17N3O4S3. The highest BCUT2D eigenvalue weighted by molar-refractivity contribution is 8.35. The molecule has 1 N–H and O–H groups in total. The van der Waals surface area contributed by atoms with Gasteiger partial charge >= 0.3 is 0 Å². The fraction of sp³-hybridized carbons (Fsp3) is 0.211. The van der Waals surface area contributed by atoms with Gasteiger partial charge in [-0.2, -0.15) is 0 Å². The highest BCUT2D eigenvalue weighted by Crippen LogP contribution is 2.40. The molecule has 0 saturated carbocycles. The van der Waals surface area contributed by atoms with Crippen molar-refractivity contribution in [1.29, 1.82) is 0 Å². The number of benzene rings is 2. The normalized spacial score (nSPS) is 16.6. The Kier molecular flexibility index (Phi) is 5.32. The van der Waals surface area contributed by atoms with E-state index < -0.39 is 9.84 Å². The molecule has 150 valence electrons. The van der Waals surface area contributed by atoms with Crippen LogP contribution in [0.25, 0.3) is 10.2 Å². The minimum absolute atomic E-state index is 0.0891. The average Bonchev–Trinajstić information content (AvgIpc) is 3.34. The van der Waals surface area contributed by atoms with Crippen molar-refractivity contribution in [3.05, 3.63) is 48.0 Å². The third-order valence-corrected chi connectivity index (χ3v) is 8.69. The second-order valence-corrected chi connectivity index (χ2v) is 10.7. The fourth-order valence-corrected chi connectivity index (χ4v) is 6.75. The van der Waals surface area contributed by atoms with Crippen molar-refractivity contribution in [2.45, 2.75) is 17.1 Å². The number of aliphatic imine (C=N–C) groups is 1. The summed E-state index contributed by atoms with van der Waals surface area (Å²) in [7, 11) is -2.12. The van der Waals surface area contributed by atoms with Gasteiger partial charge in [-0.25, -0.2) is 13.4 Å². The number of hydrogen-bond acceptors (Lipinski definition) is 8. The van der Waals surface area contributed by atoms with Crippen molar-refractivity contribution in [2.75, 3.05) is 19.0 Å². The first-order valence-corrected chi connectivity index (χ1v) is 11.8. The summed E-state index contributed by atoms with van der Waals surface area (Å²) in [6.45, 7) is 1.83. The maximum Gasteiger partial charge on any atom is 0.229 e. The first-order chi connectivity index (χ1) is 13.9. The summed E-state index contributed by atoms with van der Waals surface area (Å²) < 4.78 is 31.9. The maximum absolute atomic E-state index is 12.9. The summed E-state index contributed by atoms with van der Waals surface area (Å²) in [6.07, 6.45) is 0. The lowest BCUT2D eigenvalue weighted by Gasteiger charge is -2.09. The van der Waals surface area contributed by atoms with Gasteiger partial charge in [0.2, 0.25) is 15.7 Å². The van der Waals surface area contributed by atoms with Gasteiger partial charge in [0.1, 0.15) is 5.75 Å². The molecule has 1 aliphatic heterocycles. The molecular weight excluding hydrogens is 430 g/mol. The van der Waals surface area contributed by atoms with Gasteiger partial charge in [-0.15, -0.1) is 0 Å². The number of carbonyl (C=O) groups excluding carboxylic acids is 1. The number of amides is 1. The van der Waals surface area contributed by atoms with E-state index in [-0.39, 0.29) is 20.4 Å². The van der Waals surface area contributed by atoms with E-state index in [0.717, 1.165) is 15.8 Å². The standard InChI is InChI=1S/C19H17N3O4S3/c1-11(23)21-18-22-15-8-3-12(9-16(15)27-18)17-10-20-19(28-17)29(24,25)14-6-4-13(26-2)5-7-14/h3-9,17H,10H2,1-2H3,(H,21,22,23). The van der Waals surface area contributed by atoms with Crippen molar-refractivity contribution in [1.82, 2.24) is 4.98 Å². The Balaban J connectivity index is 1.54. The minimum atomic E-state index is -3.66. The van der Waals surface area contributed by atoms with Crippen LogP contribution in [0.15, 0.2) is 52.4 Å². The summed E-state index contributed by atoms with van der Waals surface area (Å²) in [5.41, 5.74) is 1.77. The zero-order chi connectivity index (χ0) is 20.6. The molecule has 4 rings (SSSR count). The topological polar surface area (TPSA) is 97.7 Å². The van der Waals surface area contributed by atoms with E-state index >= 15 is 0 Å². The minimum Gasteiger partial charge on any atom is -0.497 e. The smallest absolute Gasteiger partial charge is 0.229 e. The third kappa shape index (κ3) is 4.00. The molecule has 10 heteroatoms. The van der Waals surface area contributed by atoms with Crippen LogP contribution in [0.5, 0.6) is 5.75 Å². The molecule has 7 nitrogen and oxygen atoms in total. The number of nitrogens with one attached hydrogen (secondary N) is 1. The summed E-state index contributed by atoms with van der Waals surface area (Å²) in [5, 5.41) is 3.14.